The lowest BCUT2D eigenvalue weighted by atomic mass is 10.1. The first-order chi connectivity index (χ1) is 14.9. The molecular formula is C22H26Cl2IN3O2S. The monoisotopic (exact) mass is 593 g/mol. The number of likely N-dealkylation sites (N-methyl/N-ethyl adjacent to an activating group) is 1. The summed E-state index contributed by atoms with van der Waals surface area (Å²) in [5, 5.41) is 1.24. The van der Waals surface area contributed by atoms with Crippen LogP contribution in [0, 0.1) is 0 Å². The molecule has 0 aliphatic carbocycles. The SMILES string of the molecule is CN(C(=O)CN(CCI)c1cc(Cl)ccc1Oc1ccc(Cl)cc1)C1CCN(S)CC1. The smallest absolute Gasteiger partial charge is 0.242 e. The normalized spacial score (nSPS) is 15.0. The third kappa shape index (κ3) is 7.05. The van der Waals surface area contributed by atoms with Crippen molar-refractivity contribution in [3.05, 3.63) is 52.5 Å². The number of halogens is 3. The summed E-state index contributed by atoms with van der Waals surface area (Å²) in [5.41, 5.74) is 0.797. The Morgan fingerprint density at radius 2 is 1.81 bits per heavy atom. The molecule has 2 aromatic rings. The summed E-state index contributed by atoms with van der Waals surface area (Å²) < 4.78 is 8.98. The molecule has 3 rings (SSSR count). The number of amides is 1. The Morgan fingerprint density at radius 3 is 2.45 bits per heavy atom. The number of anilines is 1. The lowest BCUT2D eigenvalue weighted by Crippen LogP contribution is -2.47. The van der Waals surface area contributed by atoms with E-state index in [9.17, 15) is 4.79 Å². The van der Waals surface area contributed by atoms with Crippen molar-refractivity contribution in [1.82, 2.24) is 9.21 Å². The molecule has 5 nitrogen and oxygen atoms in total. The number of carbonyl (C=O) groups excluding carboxylic acids is 1. The van der Waals surface area contributed by atoms with Gasteiger partial charge in [-0.1, -0.05) is 58.6 Å². The zero-order chi connectivity index (χ0) is 22.4. The van der Waals surface area contributed by atoms with Crippen LogP contribution in [0.15, 0.2) is 42.5 Å². The number of thiol groups is 1. The van der Waals surface area contributed by atoms with Crippen LogP contribution in [-0.2, 0) is 4.79 Å². The Kier molecular flexibility index (Phi) is 9.46. The van der Waals surface area contributed by atoms with Crippen molar-refractivity contribution in [3.8, 4) is 11.5 Å². The van der Waals surface area contributed by atoms with E-state index in [0.717, 1.165) is 36.0 Å². The highest BCUT2D eigenvalue weighted by atomic mass is 127. The van der Waals surface area contributed by atoms with Crippen LogP contribution in [0.3, 0.4) is 0 Å². The lowest BCUT2D eigenvalue weighted by Gasteiger charge is -2.36. The molecule has 0 N–H and O–H groups in total. The maximum atomic E-state index is 13.1. The highest BCUT2D eigenvalue weighted by Crippen LogP contribution is 2.35. The number of hydrogen-bond donors (Lipinski definition) is 1. The van der Waals surface area contributed by atoms with E-state index in [1.54, 1.807) is 18.2 Å². The Bertz CT molecular complexity index is 880. The van der Waals surface area contributed by atoms with Gasteiger partial charge in [-0.15, -0.1) is 0 Å². The average molecular weight is 594 g/mol. The summed E-state index contributed by atoms with van der Waals surface area (Å²) in [6, 6.07) is 12.9. The summed E-state index contributed by atoms with van der Waals surface area (Å²) in [6.07, 6.45) is 1.86. The minimum Gasteiger partial charge on any atom is -0.455 e. The van der Waals surface area contributed by atoms with Gasteiger partial charge in [0, 0.05) is 47.2 Å². The van der Waals surface area contributed by atoms with E-state index >= 15 is 0 Å². The number of piperidine rings is 1. The molecule has 1 amide bonds. The molecule has 1 fully saturated rings. The molecule has 9 heteroatoms. The van der Waals surface area contributed by atoms with E-state index in [2.05, 4.69) is 35.4 Å². The number of carbonyl (C=O) groups is 1. The van der Waals surface area contributed by atoms with Crippen LogP contribution in [0.5, 0.6) is 11.5 Å². The van der Waals surface area contributed by atoms with Gasteiger partial charge < -0.3 is 14.5 Å². The number of rotatable bonds is 8. The third-order valence-corrected chi connectivity index (χ3v) is 6.74. The molecule has 0 radical (unpaired) electrons. The predicted molar refractivity (Wildman–Crippen MR) is 140 cm³/mol. The number of alkyl halides is 1. The Hall–Kier alpha value is -0.870. The van der Waals surface area contributed by atoms with E-state index in [0.29, 0.717) is 28.1 Å². The van der Waals surface area contributed by atoms with Gasteiger partial charge in [0.25, 0.3) is 0 Å². The minimum atomic E-state index is 0.0832. The molecule has 0 spiro atoms. The molecule has 1 aliphatic rings. The molecule has 1 heterocycles. The zero-order valence-corrected chi connectivity index (χ0v) is 21.9. The summed E-state index contributed by atoms with van der Waals surface area (Å²) >= 11 is 19.0. The van der Waals surface area contributed by atoms with Crippen LogP contribution in [0.2, 0.25) is 10.0 Å². The van der Waals surface area contributed by atoms with Gasteiger partial charge in [0.1, 0.15) is 5.75 Å². The maximum Gasteiger partial charge on any atom is 0.242 e. The summed E-state index contributed by atoms with van der Waals surface area (Å²) in [6.45, 7) is 2.73. The Morgan fingerprint density at radius 1 is 1.16 bits per heavy atom. The van der Waals surface area contributed by atoms with Crippen LogP contribution in [0.1, 0.15) is 12.8 Å². The number of benzene rings is 2. The second-order valence-corrected chi connectivity index (χ2v) is 9.99. The van der Waals surface area contributed by atoms with Gasteiger partial charge in [-0.2, -0.15) is 0 Å². The van der Waals surface area contributed by atoms with Gasteiger partial charge in [0.05, 0.1) is 12.2 Å². The fraction of sp³-hybridized carbons (Fsp3) is 0.409. The van der Waals surface area contributed by atoms with Gasteiger partial charge in [-0.25, -0.2) is 0 Å². The molecule has 2 aromatic carbocycles. The van der Waals surface area contributed by atoms with E-state index in [1.165, 1.54) is 0 Å². The summed E-state index contributed by atoms with van der Waals surface area (Å²) in [5.74, 6) is 1.40. The second-order valence-electron chi connectivity index (χ2n) is 7.47. The summed E-state index contributed by atoms with van der Waals surface area (Å²) in [7, 11) is 1.90. The van der Waals surface area contributed by atoms with Crippen LogP contribution in [0.25, 0.3) is 0 Å². The van der Waals surface area contributed by atoms with Crippen LogP contribution < -0.4 is 9.64 Å². The Labute approximate surface area is 213 Å². The molecule has 1 aliphatic heterocycles. The largest absolute Gasteiger partial charge is 0.455 e. The molecule has 0 atom stereocenters. The van der Waals surface area contributed by atoms with Gasteiger partial charge in [0.2, 0.25) is 5.91 Å². The van der Waals surface area contributed by atoms with Crippen molar-refractivity contribution in [2.24, 2.45) is 0 Å². The van der Waals surface area contributed by atoms with Crippen LogP contribution in [-0.4, -0.2) is 58.8 Å². The van der Waals surface area contributed by atoms with Crippen molar-refractivity contribution in [3.63, 3.8) is 0 Å². The van der Waals surface area contributed by atoms with Crippen molar-refractivity contribution < 1.29 is 9.53 Å². The average Bonchev–Trinajstić information content (AvgIpc) is 2.76. The molecular weight excluding hydrogens is 568 g/mol. The number of ether oxygens (including phenoxy) is 1. The standard InChI is InChI=1S/C22H26Cl2IN3O2S/c1-26(18-8-11-28(31)12-9-18)22(29)15-27(13-10-25)20-14-17(24)4-7-21(20)30-19-5-2-16(23)3-6-19/h2-7,14,18,31H,8-13,15H2,1H3. The molecule has 0 bridgehead atoms. The highest BCUT2D eigenvalue weighted by molar-refractivity contribution is 14.1. The van der Waals surface area contributed by atoms with Gasteiger partial charge in [-0.05, 0) is 55.3 Å². The first-order valence-electron chi connectivity index (χ1n) is 10.1. The fourth-order valence-corrected chi connectivity index (χ4v) is 4.66. The van der Waals surface area contributed by atoms with Crippen molar-refractivity contribution in [1.29, 1.82) is 0 Å². The zero-order valence-electron chi connectivity index (χ0n) is 17.3. The van der Waals surface area contributed by atoms with E-state index in [4.69, 9.17) is 27.9 Å². The van der Waals surface area contributed by atoms with Crippen LogP contribution >= 0.6 is 58.6 Å². The quantitative estimate of drug-likeness (QED) is 0.239. The van der Waals surface area contributed by atoms with Gasteiger partial charge >= 0.3 is 0 Å². The topological polar surface area (TPSA) is 36.0 Å². The van der Waals surface area contributed by atoms with Crippen molar-refractivity contribution >= 4 is 70.2 Å². The molecule has 168 valence electrons. The molecule has 0 aromatic heterocycles. The third-order valence-electron chi connectivity index (χ3n) is 5.37. The lowest BCUT2D eigenvalue weighted by molar-refractivity contribution is -0.131. The molecule has 1 saturated heterocycles. The first-order valence-corrected chi connectivity index (χ1v) is 12.8. The molecule has 31 heavy (non-hydrogen) atoms. The number of hydrogen-bond acceptors (Lipinski definition) is 5. The van der Waals surface area contributed by atoms with Gasteiger partial charge in [0.15, 0.2) is 5.75 Å². The van der Waals surface area contributed by atoms with Gasteiger partial charge in [-0.3, -0.25) is 9.10 Å². The van der Waals surface area contributed by atoms with Crippen molar-refractivity contribution in [2.45, 2.75) is 18.9 Å². The minimum absolute atomic E-state index is 0.0832. The fourth-order valence-electron chi connectivity index (χ4n) is 3.56. The highest BCUT2D eigenvalue weighted by Gasteiger charge is 2.26. The molecule has 0 saturated carbocycles. The second kappa shape index (κ2) is 11.8. The maximum absolute atomic E-state index is 13.1. The van der Waals surface area contributed by atoms with E-state index < -0.39 is 0 Å². The van der Waals surface area contributed by atoms with Crippen molar-refractivity contribution in [2.75, 3.05) is 42.6 Å². The van der Waals surface area contributed by atoms with E-state index in [1.807, 2.05) is 45.4 Å². The molecule has 0 unspecified atom stereocenters. The number of nitrogens with zero attached hydrogens (tertiary/aromatic N) is 3. The first kappa shape index (κ1) is 24.8. The summed E-state index contributed by atoms with van der Waals surface area (Å²) in [4.78, 5) is 17.1. The Balaban J connectivity index is 1.78. The van der Waals surface area contributed by atoms with Crippen LogP contribution in [0.4, 0.5) is 5.69 Å². The van der Waals surface area contributed by atoms with E-state index in [-0.39, 0.29) is 18.5 Å². The predicted octanol–water partition coefficient (Wildman–Crippen LogP) is 5.79.